The van der Waals surface area contributed by atoms with Gasteiger partial charge in [-0.1, -0.05) is 30.2 Å². The van der Waals surface area contributed by atoms with Crippen LogP contribution in [0.1, 0.15) is 34.0 Å². The van der Waals surface area contributed by atoms with Crippen molar-refractivity contribution in [3.63, 3.8) is 0 Å². The largest absolute Gasteiger partial charge is 0.348 e. The summed E-state index contributed by atoms with van der Waals surface area (Å²) in [6, 6.07) is 19.5. The normalized spacial score (nSPS) is 12.1. The maximum Gasteiger partial charge on any atom is 0.251 e. The van der Waals surface area contributed by atoms with Crippen molar-refractivity contribution in [3.05, 3.63) is 83.2 Å². The zero-order valence-electron chi connectivity index (χ0n) is 16.7. The van der Waals surface area contributed by atoms with Gasteiger partial charge in [0.1, 0.15) is 0 Å². The van der Waals surface area contributed by atoms with Crippen LogP contribution in [0.4, 0.5) is 5.69 Å². The highest BCUT2D eigenvalue weighted by atomic mass is 16.1. The predicted octanol–water partition coefficient (Wildman–Crippen LogP) is 4.33. The second kappa shape index (κ2) is 8.20. The first-order chi connectivity index (χ1) is 14.2. The van der Waals surface area contributed by atoms with E-state index in [9.17, 15) is 4.79 Å². The van der Waals surface area contributed by atoms with Crippen LogP contribution in [0.2, 0.25) is 0 Å². The maximum absolute atomic E-state index is 12.6. The summed E-state index contributed by atoms with van der Waals surface area (Å²) in [6.45, 7) is 5.25. The molecule has 0 spiro atoms. The number of nitrogens with zero attached hydrogens (tertiary/aromatic N) is 2. The van der Waals surface area contributed by atoms with Crippen LogP contribution >= 0.6 is 0 Å². The second-order valence-electron chi connectivity index (χ2n) is 7.18. The number of anilines is 1. The number of fused-ring (bicyclic) bond motifs is 1. The van der Waals surface area contributed by atoms with Gasteiger partial charge in [-0.25, -0.2) is 0 Å². The van der Waals surface area contributed by atoms with Crippen LogP contribution in [0.3, 0.4) is 0 Å². The Kier molecular flexibility index (Phi) is 5.31. The third-order valence-corrected chi connectivity index (χ3v) is 5.20. The fourth-order valence-corrected chi connectivity index (χ4v) is 3.71. The molecule has 29 heavy (non-hydrogen) atoms. The fourth-order valence-electron chi connectivity index (χ4n) is 3.71. The zero-order chi connectivity index (χ0) is 20.2. The summed E-state index contributed by atoms with van der Waals surface area (Å²) in [7, 11) is 0. The van der Waals surface area contributed by atoms with Gasteiger partial charge in [-0.15, -0.1) is 0 Å². The number of aromatic nitrogens is 1. The van der Waals surface area contributed by atoms with Crippen molar-refractivity contribution >= 4 is 11.6 Å². The highest BCUT2D eigenvalue weighted by Gasteiger charge is 2.18. The van der Waals surface area contributed by atoms with Crippen molar-refractivity contribution in [2.75, 3.05) is 11.4 Å². The molecular formula is C25H23N3O. The Labute approximate surface area is 171 Å². The molecule has 0 aliphatic carbocycles. The minimum atomic E-state index is -0.0689. The van der Waals surface area contributed by atoms with Crippen LogP contribution in [0.15, 0.2) is 60.9 Å². The van der Waals surface area contributed by atoms with Crippen LogP contribution in [0.5, 0.6) is 0 Å². The number of pyridine rings is 1. The average Bonchev–Trinajstić information content (AvgIpc) is 3.15. The number of amides is 1. The number of nitrogens with one attached hydrogen (secondary N) is 1. The Bertz CT molecular complexity index is 1110. The van der Waals surface area contributed by atoms with Crippen molar-refractivity contribution in [2.45, 2.75) is 26.8 Å². The average molecular weight is 381 g/mol. The number of aryl methyl sites for hydroxylation is 1. The van der Waals surface area contributed by atoms with E-state index in [0.29, 0.717) is 12.1 Å². The molecule has 3 aromatic rings. The van der Waals surface area contributed by atoms with Gasteiger partial charge in [-0.2, -0.15) is 0 Å². The fraction of sp³-hybridized carbons (Fsp3) is 0.200. The van der Waals surface area contributed by atoms with Gasteiger partial charge in [0.2, 0.25) is 0 Å². The Morgan fingerprint density at radius 3 is 2.76 bits per heavy atom. The molecule has 0 saturated heterocycles. The highest BCUT2D eigenvalue weighted by molar-refractivity contribution is 5.96. The second-order valence-corrected chi connectivity index (χ2v) is 7.18. The van der Waals surface area contributed by atoms with Crippen LogP contribution in [0.25, 0.3) is 11.1 Å². The van der Waals surface area contributed by atoms with Crippen molar-refractivity contribution < 1.29 is 4.79 Å². The molecule has 0 saturated carbocycles. The number of hydrogen-bond donors (Lipinski definition) is 1. The molecule has 1 aliphatic heterocycles. The van der Waals surface area contributed by atoms with E-state index in [0.717, 1.165) is 29.7 Å². The number of benzene rings is 2. The van der Waals surface area contributed by atoms with E-state index < -0.39 is 0 Å². The minimum Gasteiger partial charge on any atom is -0.348 e. The third kappa shape index (κ3) is 4.00. The summed E-state index contributed by atoms with van der Waals surface area (Å²) >= 11 is 0. The smallest absolute Gasteiger partial charge is 0.251 e. The summed E-state index contributed by atoms with van der Waals surface area (Å²) in [5.74, 6) is 2.91. The molecule has 4 rings (SSSR count). The Balaban J connectivity index is 1.51. The Hall–Kier alpha value is -3.58. The van der Waals surface area contributed by atoms with Gasteiger partial charge in [0.05, 0.1) is 5.69 Å². The molecule has 0 atom stereocenters. The SMILES string of the molecule is CC#CN1CCc2cc(-c3ccc(C(=O)NCc4cccnc4)c(C)c3)ccc21. The molecule has 0 bridgehead atoms. The molecule has 4 nitrogen and oxygen atoms in total. The van der Waals surface area contributed by atoms with E-state index in [1.165, 1.54) is 16.8 Å². The lowest BCUT2D eigenvalue weighted by Crippen LogP contribution is -2.23. The van der Waals surface area contributed by atoms with Gasteiger partial charge in [-0.05, 0) is 72.4 Å². The van der Waals surface area contributed by atoms with Crippen molar-refractivity contribution in [1.82, 2.24) is 10.3 Å². The summed E-state index contributed by atoms with van der Waals surface area (Å²) < 4.78 is 0. The van der Waals surface area contributed by atoms with Crippen LogP contribution < -0.4 is 10.2 Å². The van der Waals surface area contributed by atoms with E-state index in [-0.39, 0.29) is 5.91 Å². The summed E-state index contributed by atoms with van der Waals surface area (Å²) in [6.07, 6.45) is 4.49. The first kappa shape index (κ1) is 18.8. The molecule has 1 amide bonds. The van der Waals surface area contributed by atoms with Gasteiger partial charge in [-0.3, -0.25) is 9.78 Å². The monoisotopic (exact) mass is 381 g/mol. The molecule has 2 aromatic carbocycles. The first-order valence-electron chi connectivity index (χ1n) is 9.76. The zero-order valence-corrected chi connectivity index (χ0v) is 16.7. The van der Waals surface area contributed by atoms with Crippen molar-refractivity contribution in [3.8, 4) is 23.1 Å². The Morgan fingerprint density at radius 2 is 2.00 bits per heavy atom. The number of hydrogen-bond acceptors (Lipinski definition) is 3. The standard InChI is InChI=1S/C25H23N3O/c1-3-12-28-13-10-22-15-21(7-9-24(22)28)20-6-8-23(18(2)14-20)25(29)27-17-19-5-4-11-26-16-19/h4-9,11,14-16H,10,13,17H2,1-2H3,(H,27,29). The van der Waals surface area contributed by atoms with E-state index >= 15 is 0 Å². The van der Waals surface area contributed by atoms with Gasteiger partial charge in [0, 0.05) is 37.1 Å². The topological polar surface area (TPSA) is 45.2 Å². The first-order valence-corrected chi connectivity index (χ1v) is 9.76. The van der Waals surface area contributed by atoms with Crippen molar-refractivity contribution in [1.29, 1.82) is 0 Å². The molecule has 144 valence electrons. The number of carbonyl (C=O) groups is 1. The molecule has 0 radical (unpaired) electrons. The molecule has 0 unspecified atom stereocenters. The van der Waals surface area contributed by atoms with Crippen LogP contribution in [-0.2, 0) is 13.0 Å². The number of rotatable bonds is 4. The summed E-state index contributed by atoms with van der Waals surface area (Å²) in [5, 5.41) is 2.97. The maximum atomic E-state index is 12.6. The summed E-state index contributed by atoms with van der Waals surface area (Å²) in [4.78, 5) is 18.8. The van der Waals surface area contributed by atoms with Gasteiger partial charge < -0.3 is 10.2 Å². The van der Waals surface area contributed by atoms with Gasteiger partial charge in [0.25, 0.3) is 5.91 Å². The van der Waals surface area contributed by atoms with E-state index in [1.807, 2.05) is 38.1 Å². The van der Waals surface area contributed by atoms with Crippen molar-refractivity contribution in [2.24, 2.45) is 0 Å². The Morgan fingerprint density at radius 1 is 1.17 bits per heavy atom. The quantitative estimate of drug-likeness (QED) is 0.684. The molecule has 1 aromatic heterocycles. The van der Waals surface area contributed by atoms with Gasteiger partial charge >= 0.3 is 0 Å². The molecule has 2 heterocycles. The molecular weight excluding hydrogens is 358 g/mol. The predicted molar refractivity (Wildman–Crippen MR) is 117 cm³/mol. The molecule has 4 heteroatoms. The van der Waals surface area contributed by atoms with Crippen LogP contribution in [0, 0.1) is 18.9 Å². The molecule has 1 N–H and O–H groups in total. The lowest BCUT2D eigenvalue weighted by Gasteiger charge is -2.12. The summed E-state index contributed by atoms with van der Waals surface area (Å²) in [5.41, 5.74) is 7.45. The third-order valence-electron chi connectivity index (χ3n) is 5.20. The number of carbonyl (C=O) groups excluding carboxylic acids is 1. The lowest BCUT2D eigenvalue weighted by atomic mass is 9.97. The van der Waals surface area contributed by atoms with E-state index in [1.54, 1.807) is 12.4 Å². The van der Waals surface area contributed by atoms with Crippen LogP contribution in [-0.4, -0.2) is 17.4 Å². The lowest BCUT2D eigenvalue weighted by molar-refractivity contribution is 0.0950. The highest BCUT2D eigenvalue weighted by Crippen LogP contribution is 2.32. The van der Waals surface area contributed by atoms with E-state index in [2.05, 4.69) is 51.4 Å². The van der Waals surface area contributed by atoms with Gasteiger partial charge in [0.15, 0.2) is 0 Å². The molecule has 1 aliphatic rings. The van der Waals surface area contributed by atoms with E-state index in [4.69, 9.17) is 0 Å². The minimum absolute atomic E-state index is 0.0689. The molecule has 0 fully saturated rings.